The van der Waals surface area contributed by atoms with Crippen LogP contribution < -0.4 is 0 Å². The van der Waals surface area contributed by atoms with E-state index in [1.54, 1.807) is 0 Å². The molecule has 0 bridgehead atoms. The number of esters is 1. The molecule has 1 radical (unpaired) electrons. The van der Waals surface area contributed by atoms with Gasteiger partial charge in [0.1, 0.15) is 0 Å². The lowest BCUT2D eigenvalue weighted by molar-refractivity contribution is -0.140. The van der Waals surface area contributed by atoms with Crippen molar-refractivity contribution in [2.45, 2.75) is 12.8 Å². The number of methoxy groups -OCH3 is 1. The summed E-state index contributed by atoms with van der Waals surface area (Å²) in [6.45, 7) is 0. The van der Waals surface area contributed by atoms with Crippen LogP contribution >= 0.6 is 12.6 Å². The Morgan fingerprint density at radius 2 is 2.38 bits per heavy atom. The van der Waals surface area contributed by atoms with Crippen molar-refractivity contribution in [2.75, 3.05) is 12.9 Å². The molecule has 47 valence electrons. The molecule has 0 aromatic heterocycles. The van der Waals surface area contributed by atoms with E-state index >= 15 is 0 Å². The fraction of sp³-hybridized carbons (Fsp3) is 0.800. The second kappa shape index (κ2) is 4.97. The first-order valence-electron chi connectivity index (χ1n) is 2.46. The van der Waals surface area contributed by atoms with Crippen LogP contribution in [-0.2, 0) is 9.53 Å². The number of ether oxygens (including phenoxy) is 1. The molecule has 0 rings (SSSR count). The van der Waals surface area contributed by atoms with Crippen molar-refractivity contribution in [1.29, 1.82) is 0 Å². The summed E-state index contributed by atoms with van der Waals surface area (Å²) in [5, 5.41) is 0. The summed E-state index contributed by atoms with van der Waals surface area (Å²) >= 11 is 4.61. The lowest BCUT2D eigenvalue weighted by Gasteiger charge is -1.93. The topological polar surface area (TPSA) is 26.3 Å². The maximum absolute atomic E-state index is 10.3. The van der Waals surface area contributed by atoms with E-state index < -0.39 is 0 Å². The molecular weight excluding hydrogens is 124 g/mol. The van der Waals surface area contributed by atoms with E-state index in [2.05, 4.69) is 17.4 Å². The number of rotatable bonds is 3. The lowest BCUT2D eigenvalue weighted by atomic mass is 10.3. The van der Waals surface area contributed by atoms with E-state index in [0.29, 0.717) is 12.2 Å². The summed E-state index contributed by atoms with van der Waals surface area (Å²) in [6.07, 6.45) is 1.21. The summed E-state index contributed by atoms with van der Waals surface area (Å²) in [6, 6.07) is 0. The van der Waals surface area contributed by atoms with Gasteiger partial charge in [0.05, 0.1) is 7.11 Å². The third-order valence-corrected chi connectivity index (χ3v) is 1.04. The zero-order chi connectivity index (χ0) is 6.41. The second-order valence-corrected chi connectivity index (χ2v) is 1.79. The molecule has 0 amide bonds. The summed E-state index contributed by atoms with van der Waals surface area (Å²) in [4.78, 5) is 10.3. The predicted molar refractivity (Wildman–Crippen MR) is 33.7 cm³/mol. The molecule has 0 saturated heterocycles. The minimum absolute atomic E-state index is 0.171. The van der Waals surface area contributed by atoms with Crippen LogP contribution in [0, 0.1) is 0 Å². The summed E-state index contributed by atoms with van der Waals surface area (Å²) in [5.41, 5.74) is 0. The Morgan fingerprint density at radius 3 is 2.75 bits per heavy atom. The van der Waals surface area contributed by atoms with Crippen LogP contribution in [0.1, 0.15) is 12.8 Å². The van der Waals surface area contributed by atoms with Crippen LogP contribution in [-0.4, -0.2) is 18.8 Å². The summed E-state index contributed by atoms with van der Waals surface area (Å²) in [5.74, 6) is 0.463. The number of hydrogen-bond donors (Lipinski definition) is 0. The van der Waals surface area contributed by atoms with Crippen LogP contribution in [0.15, 0.2) is 0 Å². The van der Waals surface area contributed by atoms with E-state index in [1.165, 1.54) is 7.11 Å². The maximum atomic E-state index is 10.3. The molecular formula is C5H9O2S. The minimum atomic E-state index is -0.171. The zero-order valence-corrected chi connectivity index (χ0v) is 5.66. The van der Waals surface area contributed by atoms with Gasteiger partial charge in [-0.15, -0.1) is 0 Å². The molecule has 0 aliphatic rings. The van der Waals surface area contributed by atoms with E-state index in [1.807, 2.05) is 0 Å². The average molecular weight is 133 g/mol. The zero-order valence-electron chi connectivity index (χ0n) is 4.85. The minimum Gasteiger partial charge on any atom is -0.469 e. The molecule has 8 heavy (non-hydrogen) atoms. The Balaban J connectivity index is 2.99. The lowest BCUT2D eigenvalue weighted by Crippen LogP contribution is -1.99. The molecule has 0 aromatic rings. The third-order valence-electron chi connectivity index (χ3n) is 0.753. The van der Waals surface area contributed by atoms with E-state index in [4.69, 9.17) is 0 Å². The van der Waals surface area contributed by atoms with Gasteiger partial charge in [0.25, 0.3) is 0 Å². The van der Waals surface area contributed by atoms with Crippen molar-refractivity contribution >= 4 is 18.6 Å². The average Bonchev–Trinajstić information content (AvgIpc) is 1.83. The molecule has 2 nitrogen and oxygen atoms in total. The fourth-order valence-electron chi connectivity index (χ4n) is 0.319. The SMILES string of the molecule is COC(=O)CCC[S]. The smallest absolute Gasteiger partial charge is 0.305 e. The molecule has 0 heterocycles. The molecule has 0 spiro atoms. The van der Waals surface area contributed by atoms with Crippen molar-refractivity contribution in [3.8, 4) is 0 Å². The predicted octanol–water partition coefficient (Wildman–Crippen LogP) is 1.14. The molecule has 0 fully saturated rings. The summed E-state index contributed by atoms with van der Waals surface area (Å²) < 4.78 is 4.37. The maximum Gasteiger partial charge on any atom is 0.305 e. The number of carbonyl (C=O) groups is 1. The first-order chi connectivity index (χ1) is 3.81. The van der Waals surface area contributed by atoms with Crippen molar-refractivity contribution < 1.29 is 9.53 Å². The van der Waals surface area contributed by atoms with Crippen molar-refractivity contribution in [2.24, 2.45) is 0 Å². The highest BCUT2D eigenvalue weighted by molar-refractivity contribution is 7.80. The summed E-state index contributed by atoms with van der Waals surface area (Å²) in [7, 11) is 1.38. The van der Waals surface area contributed by atoms with Gasteiger partial charge in [-0.3, -0.25) is 4.79 Å². The van der Waals surface area contributed by atoms with E-state index in [-0.39, 0.29) is 5.97 Å². The van der Waals surface area contributed by atoms with Crippen LogP contribution in [0.2, 0.25) is 0 Å². The normalized spacial score (nSPS) is 8.75. The van der Waals surface area contributed by atoms with Crippen LogP contribution in [0.4, 0.5) is 0 Å². The fourth-order valence-corrected chi connectivity index (χ4v) is 0.463. The molecule has 0 N–H and O–H groups in total. The number of carbonyl (C=O) groups excluding carboxylic acids is 1. The van der Waals surface area contributed by atoms with E-state index in [9.17, 15) is 4.79 Å². The Morgan fingerprint density at radius 1 is 1.75 bits per heavy atom. The highest BCUT2D eigenvalue weighted by Crippen LogP contribution is 1.92. The molecule has 0 unspecified atom stereocenters. The van der Waals surface area contributed by atoms with E-state index in [0.717, 1.165) is 6.42 Å². The van der Waals surface area contributed by atoms with Gasteiger partial charge in [-0.05, 0) is 6.42 Å². The first-order valence-corrected chi connectivity index (χ1v) is 3.04. The van der Waals surface area contributed by atoms with Crippen LogP contribution in [0.25, 0.3) is 0 Å². The van der Waals surface area contributed by atoms with Crippen molar-refractivity contribution in [1.82, 2.24) is 0 Å². The largest absolute Gasteiger partial charge is 0.469 e. The van der Waals surface area contributed by atoms with Gasteiger partial charge in [0.2, 0.25) is 0 Å². The molecule has 0 aromatic carbocycles. The number of hydrogen-bond acceptors (Lipinski definition) is 2. The van der Waals surface area contributed by atoms with Crippen molar-refractivity contribution in [3.63, 3.8) is 0 Å². The van der Waals surface area contributed by atoms with Gasteiger partial charge in [-0.1, -0.05) is 12.6 Å². The van der Waals surface area contributed by atoms with Gasteiger partial charge in [0.15, 0.2) is 0 Å². The van der Waals surface area contributed by atoms with Crippen LogP contribution in [0.5, 0.6) is 0 Å². The third kappa shape index (κ3) is 3.99. The van der Waals surface area contributed by atoms with Gasteiger partial charge in [-0.2, -0.15) is 0 Å². The monoisotopic (exact) mass is 133 g/mol. The van der Waals surface area contributed by atoms with Gasteiger partial charge in [0, 0.05) is 12.2 Å². The second-order valence-electron chi connectivity index (χ2n) is 1.38. The Bertz CT molecular complexity index is 72.8. The Kier molecular flexibility index (Phi) is 4.85. The molecule has 0 aliphatic carbocycles. The van der Waals surface area contributed by atoms with Gasteiger partial charge < -0.3 is 4.74 Å². The first kappa shape index (κ1) is 7.82. The van der Waals surface area contributed by atoms with Crippen LogP contribution in [0.3, 0.4) is 0 Å². The molecule has 3 heteroatoms. The highest BCUT2D eigenvalue weighted by atomic mass is 32.1. The Labute approximate surface area is 54.6 Å². The quantitative estimate of drug-likeness (QED) is 0.539. The van der Waals surface area contributed by atoms with Gasteiger partial charge in [-0.25, -0.2) is 0 Å². The Hall–Kier alpha value is -0.180. The molecule has 0 atom stereocenters. The highest BCUT2D eigenvalue weighted by Gasteiger charge is 1.95. The van der Waals surface area contributed by atoms with Crippen molar-refractivity contribution in [3.05, 3.63) is 0 Å². The standard InChI is InChI=1S/C5H9O2S/c1-7-5(6)3-2-4-8/h2-4H2,1H3. The molecule has 0 saturated carbocycles. The van der Waals surface area contributed by atoms with Gasteiger partial charge >= 0.3 is 5.97 Å². The molecule has 0 aliphatic heterocycles.